The van der Waals surface area contributed by atoms with E-state index in [1.807, 2.05) is 6.07 Å². The van der Waals surface area contributed by atoms with Gasteiger partial charge in [0.15, 0.2) is 5.82 Å². The average molecular weight is 567 g/mol. The van der Waals surface area contributed by atoms with Gasteiger partial charge in [0.1, 0.15) is 8.07 Å². The smallest absolute Gasteiger partial charge is 0.159 e. The fourth-order valence-electron chi connectivity index (χ4n) is 6.72. The lowest BCUT2D eigenvalue weighted by atomic mass is 9.94. The summed E-state index contributed by atoms with van der Waals surface area (Å²) in [4.78, 5) is 10.7. The van der Waals surface area contributed by atoms with Gasteiger partial charge in [-0.2, -0.15) is 0 Å². The van der Waals surface area contributed by atoms with Gasteiger partial charge in [0.05, 0.1) is 5.69 Å². The molecule has 6 aromatic carbocycles. The summed E-state index contributed by atoms with van der Waals surface area (Å²) in [7, 11) is -2.15. The van der Waals surface area contributed by atoms with Crippen molar-refractivity contribution in [1.82, 2.24) is 9.97 Å². The zero-order chi connectivity index (χ0) is 29.0. The number of benzene rings is 6. The third-order valence-corrected chi connectivity index (χ3v) is 12.1. The van der Waals surface area contributed by atoms with Crippen LogP contribution < -0.4 is 10.5 Å². The number of aromatic nitrogens is 2. The first kappa shape index (κ1) is 25.6. The predicted molar refractivity (Wildman–Crippen MR) is 183 cm³/mol. The summed E-state index contributed by atoms with van der Waals surface area (Å²) in [5, 5.41) is 5.31. The van der Waals surface area contributed by atoms with Crippen LogP contribution in [-0.4, -0.2) is 18.0 Å². The van der Waals surface area contributed by atoms with Crippen molar-refractivity contribution in [1.29, 1.82) is 0 Å². The zero-order valence-corrected chi connectivity index (χ0v) is 25.3. The van der Waals surface area contributed by atoms with E-state index in [9.17, 15) is 0 Å². The maximum absolute atomic E-state index is 5.36. The van der Waals surface area contributed by atoms with Crippen LogP contribution in [0.4, 0.5) is 0 Å². The summed E-state index contributed by atoms with van der Waals surface area (Å²) < 4.78 is 0. The fraction of sp³-hybridized carbons (Fsp3) is 0.0500. The molecule has 0 radical (unpaired) electrons. The van der Waals surface area contributed by atoms with Crippen molar-refractivity contribution in [3.63, 3.8) is 0 Å². The predicted octanol–water partition coefficient (Wildman–Crippen LogP) is 9.10. The molecule has 0 fully saturated rings. The highest BCUT2D eigenvalue weighted by Gasteiger charge is 2.42. The van der Waals surface area contributed by atoms with E-state index in [-0.39, 0.29) is 0 Å². The SMILES string of the molecule is C[Si]1(C)c2nc(-c3ccccc3)nc(-c3cccc(-c4cccc(-c5ccccc5)c4)c3)c2-c2ccc3ccccc3c21. The molecule has 0 saturated carbocycles. The van der Waals surface area contributed by atoms with E-state index >= 15 is 0 Å². The summed E-state index contributed by atoms with van der Waals surface area (Å²) in [5.74, 6) is 0.795. The van der Waals surface area contributed by atoms with E-state index in [0.717, 1.165) is 22.6 Å². The zero-order valence-electron chi connectivity index (χ0n) is 24.3. The topological polar surface area (TPSA) is 25.8 Å². The molecule has 0 amide bonds. The molecule has 0 spiro atoms. The molecule has 2 nitrogen and oxygen atoms in total. The molecule has 0 atom stereocenters. The van der Waals surface area contributed by atoms with Gasteiger partial charge in [0, 0.05) is 22.0 Å². The molecule has 7 aromatic rings. The molecule has 43 heavy (non-hydrogen) atoms. The summed E-state index contributed by atoms with van der Waals surface area (Å²) >= 11 is 0. The van der Waals surface area contributed by atoms with Crippen molar-refractivity contribution >= 4 is 29.4 Å². The van der Waals surface area contributed by atoms with Gasteiger partial charge in [0.25, 0.3) is 0 Å². The van der Waals surface area contributed by atoms with Crippen LogP contribution in [0.1, 0.15) is 0 Å². The number of nitrogens with zero attached hydrogens (tertiary/aromatic N) is 2. The van der Waals surface area contributed by atoms with Crippen LogP contribution >= 0.6 is 0 Å². The van der Waals surface area contributed by atoms with Gasteiger partial charge in [-0.15, -0.1) is 0 Å². The Bertz CT molecular complexity index is 2150. The van der Waals surface area contributed by atoms with Gasteiger partial charge in [-0.25, -0.2) is 9.97 Å². The highest BCUT2D eigenvalue weighted by Crippen LogP contribution is 2.39. The van der Waals surface area contributed by atoms with Crippen LogP contribution in [0.3, 0.4) is 0 Å². The van der Waals surface area contributed by atoms with Gasteiger partial charge in [-0.1, -0.05) is 147 Å². The molecule has 1 aromatic heterocycles. The van der Waals surface area contributed by atoms with E-state index in [2.05, 4.69) is 153 Å². The molecule has 0 bridgehead atoms. The van der Waals surface area contributed by atoms with Crippen molar-refractivity contribution < 1.29 is 0 Å². The maximum Gasteiger partial charge on any atom is 0.159 e. The van der Waals surface area contributed by atoms with Gasteiger partial charge < -0.3 is 0 Å². The van der Waals surface area contributed by atoms with E-state index in [4.69, 9.17) is 9.97 Å². The Labute approximate surface area is 253 Å². The lowest BCUT2D eigenvalue weighted by Crippen LogP contribution is -2.51. The molecule has 1 aliphatic heterocycles. The minimum Gasteiger partial charge on any atom is -0.237 e. The molecule has 8 rings (SSSR count). The molecule has 2 heterocycles. The molecule has 204 valence electrons. The van der Waals surface area contributed by atoms with Crippen LogP contribution in [0, 0.1) is 0 Å². The largest absolute Gasteiger partial charge is 0.237 e. The van der Waals surface area contributed by atoms with Crippen LogP contribution in [-0.2, 0) is 0 Å². The Kier molecular flexibility index (Phi) is 5.95. The first-order chi connectivity index (χ1) is 21.1. The van der Waals surface area contributed by atoms with Crippen molar-refractivity contribution in [2.45, 2.75) is 13.1 Å². The van der Waals surface area contributed by atoms with Crippen molar-refractivity contribution in [2.24, 2.45) is 0 Å². The van der Waals surface area contributed by atoms with E-state index in [1.54, 1.807) is 0 Å². The number of hydrogen-bond donors (Lipinski definition) is 0. The van der Waals surface area contributed by atoms with Gasteiger partial charge >= 0.3 is 0 Å². The second-order valence-electron chi connectivity index (χ2n) is 11.8. The first-order valence-corrected chi connectivity index (χ1v) is 17.8. The molecule has 0 N–H and O–H groups in total. The van der Waals surface area contributed by atoms with E-state index in [0.29, 0.717) is 0 Å². The quantitative estimate of drug-likeness (QED) is 0.199. The second kappa shape index (κ2) is 10.0. The molecule has 0 unspecified atom stereocenters. The Morgan fingerprint density at radius 2 is 1.02 bits per heavy atom. The molecular formula is C40H30N2Si. The van der Waals surface area contributed by atoms with Gasteiger partial charge in [-0.3, -0.25) is 0 Å². The lowest BCUT2D eigenvalue weighted by Gasteiger charge is -2.20. The minimum absolute atomic E-state index is 0.795. The Morgan fingerprint density at radius 3 is 1.74 bits per heavy atom. The van der Waals surface area contributed by atoms with Gasteiger partial charge in [0.2, 0.25) is 0 Å². The summed E-state index contributed by atoms with van der Waals surface area (Å²) in [6, 6.07) is 52.0. The van der Waals surface area contributed by atoms with E-state index < -0.39 is 8.07 Å². The number of rotatable bonds is 4. The third kappa shape index (κ3) is 4.24. The fourth-order valence-corrected chi connectivity index (χ4v) is 10.0. The highest BCUT2D eigenvalue weighted by atomic mass is 28.3. The Balaban J connectivity index is 1.36. The number of fused-ring (bicyclic) bond motifs is 5. The Morgan fingerprint density at radius 1 is 0.465 bits per heavy atom. The third-order valence-electron chi connectivity index (χ3n) is 8.80. The van der Waals surface area contributed by atoms with Crippen LogP contribution in [0.25, 0.3) is 66.8 Å². The molecule has 3 heteroatoms. The van der Waals surface area contributed by atoms with Crippen molar-refractivity contribution in [3.05, 3.63) is 146 Å². The van der Waals surface area contributed by atoms with Gasteiger partial charge in [-0.05, 0) is 55.9 Å². The summed E-state index contributed by atoms with van der Waals surface area (Å²) in [5.41, 5.74) is 10.5. The number of hydrogen-bond acceptors (Lipinski definition) is 2. The lowest BCUT2D eigenvalue weighted by molar-refractivity contribution is 1.21. The highest BCUT2D eigenvalue weighted by molar-refractivity contribution is 7.04. The monoisotopic (exact) mass is 566 g/mol. The first-order valence-electron chi connectivity index (χ1n) is 14.8. The molecule has 0 aliphatic carbocycles. The molecular weight excluding hydrogens is 537 g/mol. The summed E-state index contributed by atoms with van der Waals surface area (Å²) in [6.07, 6.45) is 0. The average Bonchev–Trinajstić information content (AvgIpc) is 3.31. The normalized spacial score (nSPS) is 13.1. The standard InChI is InChI=1S/C40H30N2Si/c1-43(2)38-34-22-10-9-15-28(34)23-24-35(38)36-37(41-39(42-40(36)43)29-16-7-4-8-17-29)33-21-12-20-32(26-33)31-19-11-18-30(25-31)27-13-5-3-6-14-27/h3-26H,1-2H3. The molecule has 0 saturated heterocycles. The van der Waals surface area contributed by atoms with Crippen LogP contribution in [0.5, 0.6) is 0 Å². The van der Waals surface area contributed by atoms with Crippen molar-refractivity contribution in [2.75, 3.05) is 0 Å². The Hall–Kier alpha value is -5.12. The van der Waals surface area contributed by atoms with Crippen molar-refractivity contribution in [3.8, 4) is 56.0 Å². The maximum atomic E-state index is 5.36. The summed E-state index contributed by atoms with van der Waals surface area (Å²) in [6.45, 7) is 4.89. The van der Waals surface area contributed by atoms with E-state index in [1.165, 1.54) is 54.7 Å². The second-order valence-corrected chi connectivity index (χ2v) is 16.1. The molecule has 1 aliphatic rings. The van der Waals surface area contributed by atoms with Crippen LogP contribution in [0.15, 0.2) is 146 Å². The van der Waals surface area contributed by atoms with Crippen LogP contribution in [0.2, 0.25) is 13.1 Å². The minimum atomic E-state index is -2.15.